The van der Waals surface area contributed by atoms with Crippen molar-refractivity contribution in [2.75, 3.05) is 0 Å². The quantitative estimate of drug-likeness (QED) is 0.283. The van der Waals surface area contributed by atoms with Gasteiger partial charge in [0.25, 0.3) is 5.56 Å². The van der Waals surface area contributed by atoms with E-state index in [-0.39, 0.29) is 5.56 Å². The molecule has 0 fully saturated rings. The smallest absolute Gasteiger partial charge is 0.263 e. The molecular formula is C21H11BrClNOS. The molecule has 2 aliphatic heterocycles. The highest BCUT2D eigenvalue weighted by Gasteiger charge is 2.22. The van der Waals surface area contributed by atoms with Gasteiger partial charge in [-0.3, -0.25) is 9.36 Å². The minimum Gasteiger partial charge on any atom is -0.273 e. The fraction of sp³-hybridized carbons (Fsp3) is 0. The van der Waals surface area contributed by atoms with Crippen LogP contribution in [0.5, 0.6) is 0 Å². The summed E-state index contributed by atoms with van der Waals surface area (Å²) in [7, 11) is 0. The van der Waals surface area contributed by atoms with Crippen LogP contribution in [0.1, 0.15) is 0 Å². The molecule has 26 heavy (non-hydrogen) atoms. The van der Waals surface area contributed by atoms with Gasteiger partial charge in [0.2, 0.25) is 0 Å². The third kappa shape index (κ3) is 2.33. The molecule has 5 heteroatoms. The highest BCUT2D eigenvalue weighted by molar-refractivity contribution is 9.10. The molecule has 0 atom stereocenters. The lowest BCUT2D eigenvalue weighted by molar-refractivity contribution is 1.10. The number of rotatable bonds is 1. The first kappa shape index (κ1) is 16.1. The molecule has 0 aliphatic carbocycles. The molecule has 0 N–H and O–H groups in total. The standard InChI is InChI=1S/C21H11BrClNOS/c22-13-8-9-17-18(11-13)26-20(12-4-3-5-14(23)10-12)19-15-6-1-2-7-16(15)21(25)24(17)19/h1-11H. The number of aromatic nitrogens is 1. The van der Waals surface area contributed by atoms with Crippen LogP contribution in [0, 0.1) is 0 Å². The second-order valence-electron chi connectivity index (χ2n) is 6.09. The van der Waals surface area contributed by atoms with E-state index in [4.69, 9.17) is 11.6 Å². The summed E-state index contributed by atoms with van der Waals surface area (Å²) in [6, 6.07) is 21.6. The normalized spacial score (nSPS) is 11.6. The van der Waals surface area contributed by atoms with Crippen LogP contribution in [-0.2, 0) is 0 Å². The van der Waals surface area contributed by atoms with Crippen molar-refractivity contribution in [3.63, 3.8) is 0 Å². The third-order valence-corrected chi connectivity index (χ3v) is 6.42. The van der Waals surface area contributed by atoms with Crippen molar-refractivity contribution in [3.05, 3.63) is 86.6 Å². The minimum atomic E-state index is 0.0130. The molecule has 2 aliphatic rings. The van der Waals surface area contributed by atoms with Crippen LogP contribution in [0.4, 0.5) is 0 Å². The van der Waals surface area contributed by atoms with E-state index < -0.39 is 0 Å². The van der Waals surface area contributed by atoms with Crippen molar-refractivity contribution < 1.29 is 0 Å². The number of fused-ring (bicyclic) bond motifs is 5. The van der Waals surface area contributed by atoms with Gasteiger partial charge < -0.3 is 0 Å². The molecule has 3 aromatic rings. The maximum Gasteiger partial charge on any atom is 0.263 e. The Balaban J connectivity index is 2.06. The van der Waals surface area contributed by atoms with Crippen molar-refractivity contribution in [1.82, 2.24) is 4.57 Å². The van der Waals surface area contributed by atoms with Gasteiger partial charge in [0, 0.05) is 20.3 Å². The molecule has 0 amide bonds. The van der Waals surface area contributed by atoms with Crippen LogP contribution in [0.2, 0.25) is 5.02 Å². The Morgan fingerprint density at radius 1 is 0.923 bits per heavy atom. The number of halogens is 2. The van der Waals surface area contributed by atoms with Gasteiger partial charge in [0.05, 0.1) is 20.8 Å². The summed E-state index contributed by atoms with van der Waals surface area (Å²) in [5.74, 6) is 0. The molecule has 3 aromatic carbocycles. The molecule has 0 aromatic heterocycles. The van der Waals surface area contributed by atoms with Gasteiger partial charge in [0.1, 0.15) is 0 Å². The predicted molar refractivity (Wildman–Crippen MR) is 114 cm³/mol. The van der Waals surface area contributed by atoms with Gasteiger partial charge in [0.15, 0.2) is 0 Å². The summed E-state index contributed by atoms with van der Waals surface area (Å²) in [6.45, 7) is 0. The molecular weight excluding hydrogens is 430 g/mol. The largest absolute Gasteiger partial charge is 0.273 e. The lowest BCUT2D eigenvalue weighted by atomic mass is 10.1. The molecule has 0 saturated heterocycles. The fourth-order valence-corrected chi connectivity index (χ4v) is 5.33. The van der Waals surface area contributed by atoms with Crippen LogP contribution in [0.3, 0.4) is 0 Å². The van der Waals surface area contributed by atoms with Crippen molar-refractivity contribution >= 4 is 59.9 Å². The second kappa shape index (κ2) is 5.95. The molecule has 2 heterocycles. The maximum atomic E-state index is 13.2. The van der Waals surface area contributed by atoms with Crippen LogP contribution < -0.4 is 5.56 Å². The highest BCUT2D eigenvalue weighted by Crippen LogP contribution is 2.41. The van der Waals surface area contributed by atoms with E-state index in [1.807, 2.05) is 65.2 Å². The molecule has 0 radical (unpaired) electrons. The zero-order valence-electron chi connectivity index (χ0n) is 13.4. The summed E-state index contributed by atoms with van der Waals surface area (Å²) < 4.78 is 3.86. The van der Waals surface area contributed by atoms with Gasteiger partial charge in [-0.15, -0.1) is 11.3 Å². The third-order valence-electron chi connectivity index (χ3n) is 4.52. The molecule has 0 spiro atoms. The second-order valence-corrected chi connectivity index (χ2v) is 8.49. The summed E-state index contributed by atoms with van der Waals surface area (Å²) in [6.07, 6.45) is 0. The zero-order chi connectivity index (χ0) is 17.8. The average molecular weight is 441 g/mol. The summed E-state index contributed by atoms with van der Waals surface area (Å²) >= 11 is 11.5. The van der Waals surface area contributed by atoms with Crippen molar-refractivity contribution in [1.29, 1.82) is 0 Å². The number of benzene rings is 3. The Hall–Kier alpha value is -2.14. The fourth-order valence-electron chi connectivity index (χ4n) is 3.41. The highest BCUT2D eigenvalue weighted by atomic mass is 79.9. The van der Waals surface area contributed by atoms with Crippen LogP contribution in [-0.4, -0.2) is 4.57 Å². The topological polar surface area (TPSA) is 22.0 Å². The van der Waals surface area contributed by atoms with Gasteiger partial charge in [-0.2, -0.15) is 0 Å². The number of hydrogen-bond acceptors (Lipinski definition) is 2. The first-order chi connectivity index (χ1) is 12.6. The molecule has 0 saturated carbocycles. The van der Waals surface area contributed by atoms with E-state index >= 15 is 0 Å². The Morgan fingerprint density at radius 3 is 2.54 bits per heavy atom. The Kier molecular flexibility index (Phi) is 3.67. The van der Waals surface area contributed by atoms with E-state index in [2.05, 4.69) is 22.0 Å². The molecule has 5 rings (SSSR count). The first-order valence-electron chi connectivity index (χ1n) is 8.05. The van der Waals surface area contributed by atoms with Crippen molar-refractivity contribution in [2.24, 2.45) is 0 Å². The van der Waals surface area contributed by atoms with E-state index in [1.165, 1.54) is 0 Å². The maximum absolute atomic E-state index is 13.2. The van der Waals surface area contributed by atoms with Gasteiger partial charge in [-0.1, -0.05) is 57.9 Å². The van der Waals surface area contributed by atoms with Crippen molar-refractivity contribution in [3.8, 4) is 16.1 Å². The van der Waals surface area contributed by atoms with Crippen LogP contribution in [0.15, 0.2) is 76.0 Å². The number of nitrogens with zero attached hydrogens (tertiary/aromatic N) is 1. The number of hydrogen-bond donors (Lipinski definition) is 0. The Bertz CT molecular complexity index is 1340. The Morgan fingerprint density at radius 2 is 1.73 bits per heavy atom. The minimum absolute atomic E-state index is 0.0130. The van der Waals surface area contributed by atoms with Gasteiger partial charge in [-0.05, 0) is 42.0 Å². The lowest BCUT2D eigenvalue weighted by Gasteiger charge is -2.14. The monoisotopic (exact) mass is 439 g/mol. The zero-order valence-corrected chi connectivity index (χ0v) is 16.5. The Labute approximate surface area is 166 Å². The average Bonchev–Trinajstić information content (AvgIpc) is 2.94. The molecule has 0 bridgehead atoms. The van der Waals surface area contributed by atoms with Crippen LogP contribution in [0.25, 0.3) is 37.1 Å². The van der Waals surface area contributed by atoms with E-state index in [1.54, 1.807) is 11.3 Å². The van der Waals surface area contributed by atoms with E-state index in [0.29, 0.717) is 5.02 Å². The van der Waals surface area contributed by atoms with E-state index in [0.717, 1.165) is 41.6 Å². The van der Waals surface area contributed by atoms with Crippen molar-refractivity contribution in [2.45, 2.75) is 0 Å². The first-order valence-corrected chi connectivity index (χ1v) is 10.0. The summed E-state index contributed by atoms with van der Waals surface area (Å²) in [5.41, 5.74) is 2.88. The van der Waals surface area contributed by atoms with Gasteiger partial charge in [-0.25, -0.2) is 0 Å². The van der Waals surface area contributed by atoms with E-state index in [9.17, 15) is 4.79 Å². The summed E-state index contributed by atoms with van der Waals surface area (Å²) in [5, 5.41) is 2.38. The van der Waals surface area contributed by atoms with Gasteiger partial charge >= 0.3 is 0 Å². The molecule has 126 valence electrons. The lowest BCUT2D eigenvalue weighted by Crippen LogP contribution is -2.13. The predicted octanol–water partition coefficient (Wildman–Crippen LogP) is 6.73. The molecule has 2 nitrogen and oxygen atoms in total. The summed E-state index contributed by atoms with van der Waals surface area (Å²) in [4.78, 5) is 14.2. The molecule has 0 unspecified atom stereocenters. The SMILES string of the molecule is O=c1c2ccccc2c2c(-c3cccc(Cl)c3)sc3cc(Br)ccc3n1-2. The van der Waals surface area contributed by atoms with Crippen LogP contribution >= 0.6 is 38.9 Å².